The summed E-state index contributed by atoms with van der Waals surface area (Å²) >= 11 is 1.35. The molecule has 17 heavy (non-hydrogen) atoms. The van der Waals surface area contributed by atoms with Crippen LogP contribution in [0.25, 0.3) is 0 Å². The van der Waals surface area contributed by atoms with Crippen LogP contribution in [0.4, 0.5) is 0 Å². The van der Waals surface area contributed by atoms with Gasteiger partial charge in [0.1, 0.15) is 0 Å². The van der Waals surface area contributed by atoms with Gasteiger partial charge >= 0.3 is 0 Å². The van der Waals surface area contributed by atoms with Crippen molar-refractivity contribution in [2.24, 2.45) is 0 Å². The molecule has 92 valence electrons. The van der Waals surface area contributed by atoms with Crippen molar-refractivity contribution >= 4 is 21.6 Å². The molecule has 0 spiro atoms. The van der Waals surface area contributed by atoms with Gasteiger partial charge in [0.25, 0.3) is 5.56 Å². The van der Waals surface area contributed by atoms with Gasteiger partial charge in [0.15, 0.2) is 15.0 Å². The van der Waals surface area contributed by atoms with Gasteiger partial charge in [-0.05, 0) is 0 Å². The first-order valence-corrected chi connectivity index (χ1v) is 7.75. The van der Waals surface area contributed by atoms with Crippen LogP contribution in [0.5, 0.6) is 5.88 Å². The highest BCUT2D eigenvalue weighted by Gasteiger charge is 2.45. The summed E-state index contributed by atoms with van der Waals surface area (Å²) in [4.78, 5) is 16.1. The molecular formula is C9H10N2O4S2. The minimum absolute atomic E-state index is 0.0333. The fourth-order valence-electron chi connectivity index (χ4n) is 2.23. The largest absolute Gasteiger partial charge is 0.481 e. The number of thioether (sulfide) groups is 1. The molecule has 6 nitrogen and oxygen atoms in total. The molecule has 1 saturated heterocycles. The molecule has 0 N–H and O–H groups in total. The summed E-state index contributed by atoms with van der Waals surface area (Å²) in [6, 6.07) is 1.02. The lowest BCUT2D eigenvalue weighted by atomic mass is 10.2. The summed E-state index contributed by atoms with van der Waals surface area (Å²) in [5, 5.41) is 0.464. The molecule has 8 heteroatoms. The first-order chi connectivity index (χ1) is 8.00. The number of hydrogen-bond acceptors (Lipinski definition) is 6. The van der Waals surface area contributed by atoms with Crippen LogP contribution in [0.15, 0.2) is 16.0 Å². The SMILES string of the molecule is COc1cc(=O)n2c(n1)S[C@H]1CS(=O)(=O)C[C@@H]12. The number of rotatable bonds is 1. The van der Waals surface area contributed by atoms with Crippen LogP contribution in [-0.4, -0.2) is 41.8 Å². The van der Waals surface area contributed by atoms with Gasteiger partial charge in [-0.25, -0.2) is 8.42 Å². The molecule has 2 aliphatic heterocycles. The molecule has 0 saturated carbocycles. The Kier molecular flexibility index (Phi) is 2.27. The van der Waals surface area contributed by atoms with E-state index < -0.39 is 9.84 Å². The standard InChI is InChI=1S/C9H10N2O4S2/c1-15-7-2-8(12)11-5-3-17(13,14)4-6(5)16-9(11)10-7/h2,5-6H,3-4H2,1H3/t5-,6-/m0/s1. The minimum atomic E-state index is -3.02. The maximum Gasteiger partial charge on any atom is 0.258 e. The Labute approximate surface area is 102 Å². The third-order valence-electron chi connectivity index (χ3n) is 2.97. The summed E-state index contributed by atoms with van der Waals surface area (Å²) < 4.78 is 29.4. The Hall–Kier alpha value is -1.02. The first kappa shape index (κ1) is 11.1. The molecule has 0 unspecified atom stereocenters. The average molecular weight is 274 g/mol. The molecule has 0 aliphatic carbocycles. The van der Waals surface area contributed by atoms with Gasteiger partial charge < -0.3 is 4.74 Å². The molecule has 0 amide bonds. The first-order valence-electron chi connectivity index (χ1n) is 5.05. The van der Waals surface area contributed by atoms with Crippen LogP contribution in [0.2, 0.25) is 0 Å². The predicted molar refractivity (Wildman–Crippen MR) is 62.4 cm³/mol. The van der Waals surface area contributed by atoms with Gasteiger partial charge in [-0.15, -0.1) is 0 Å². The van der Waals surface area contributed by atoms with E-state index in [9.17, 15) is 13.2 Å². The van der Waals surface area contributed by atoms with Crippen LogP contribution in [0.3, 0.4) is 0 Å². The van der Waals surface area contributed by atoms with Crippen LogP contribution < -0.4 is 10.3 Å². The lowest BCUT2D eigenvalue weighted by molar-refractivity contribution is 0.382. The van der Waals surface area contributed by atoms with E-state index in [4.69, 9.17) is 4.74 Å². The quantitative estimate of drug-likeness (QED) is 0.654. The van der Waals surface area contributed by atoms with Gasteiger partial charge in [0, 0.05) is 5.25 Å². The summed E-state index contributed by atoms with van der Waals surface area (Å²) in [6.07, 6.45) is 0. The van der Waals surface area contributed by atoms with Crippen LogP contribution in [-0.2, 0) is 9.84 Å². The van der Waals surface area contributed by atoms with Crippen molar-refractivity contribution < 1.29 is 13.2 Å². The fourth-order valence-corrected chi connectivity index (χ4v) is 6.13. The third kappa shape index (κ3) is 1.66. The molecule has 2 atom stereocenters. The van der Waals surface area contributed by atoms with Gasteiger partial charge in [0.05, 0.1) is 30.7 Å². The van der Waals surface area contributed by atoms with E-state index in [1.807, 2.05) is 0 Å². The molecule has 1 aromatic heterocycles. The topological polar surface area (TPSA) is 78.3 Å². The number of hydrogen-bond donors (Lipinski definition) is 0. The van der Waals surface area contributed by atoms with Gasteiger partial charge in [-0.2, -0.15) is 4.98 Å². The monoisotopic (exact) mass is 274 g/mol. The van der Waals surface area contributed by atoms with E-state index in [2.05, 4.69) is 4.98 Å². The van der Waals surface area contributed by atoms with E-state index in [1.165, 1.54) is 29.5 Å². The van der Waals surface area contributed by atoms with Gasteiger partial charge in [-0.3, -0.25) is 9.36 Å². The van der Waals surface area contributed by atoms with Crippen LogP contribution >= 0.6 is 11.8 Å². The molecule has 1 fully saturated rings. The number of methoxy groups -OCH3 is 1. The maximum atomic E-state index is 11.9. The number of nitrogens with zero attached hydrogens (tertiary/aromatic N) is 2. The lowest BCUT2D eigenvalue weighted by Crippen LogP contribution is -2.26. The Morgan fingerprint density at radius 2 is 2.29 bits per heavy atom. The van der Waals surface area contributed by atoms with Crippen LogP contribution in [0.1, 0.15) is 6.04 Å². The smallest absolute Gasteiger partial charge is 0.258 e. The highest BCUT2D eigenvalue weighted by Crippen LogP contribution is 2.43. The number of sulfone groups is 1. The van der Waals surface area contributed by atoms with E-state index in [1.54, 1.807) is 0 Å². The highest BCUT2D eigenvalue weighted by molar-refractivity contribution is 8.02. The molecule has 2 aliphatic rings. The minimum Gasteiger partial charge on any atom is -0.481 e. The second-order valence-corrected chi connectivity index (χ2v) is 7.45. The number of aromatic nitrogens is 2. The van der Waals surface area contributed by atoms with Crippen molar-refractivity contribution in [3.8, 4) is 5.88 Å². The van der Waals surface area contributed by atoms with Crippen molar-refractivity contribution in [2.75, 3.05) is 18.6 Å². The van der Waals surface area contributed by atoms with E-state index in [0.717, 1.165) is 0 Å². The van der Waals surface area contributed by atoms with Crippen LogP contribution in [0, 0.1) is 0 Å². The summed E-state index contributed by atoms with van der Waals surface area (Å²) in [5.74, 6) is 0.426. The van der Waals surface area contributed by atoms with E-state index >= 15 is 0 Å². The Bertz CT molecular complexity index is 637. The van der Waals surface area contributed by atoms with E-state index in [0.29, 0.717) is 5.16 Å². The summed E-state index contributed by atoms with van der Waals surface area (Å²) in [7, 11) is -1.57. The molecular weight excluding hydrogens is 264 g/mol. The maximum absolute atomic E-state index is 11.9. The molecule has 0 radical (unpaired) electrons. The fraction of sp³-hybridized carbons (Fsp3) is 0.556. The second-order valence-electron chi connectivity index (χ2n) is 4.09. The number of ether oxygens (including phenoxy) is 1. The van der Waals surface area contributed by atoms with E-state index in [-0.39, 0.29) is 34.2 Å². The molecule has 1 aromatic rings. The summed E-state index contributed by atoms with van der Waals surface area (Å²) in [5.41, 5.74) is -0.246. The zero-order valence-electron chi connectivity index (χ0n) is 8.99. The lowest BCUT2D eigenvalue weighted by Gasteiger charge is -2.09. The highest BCUT2D eigenvalue weighted by atomic mass is 32.2. The Balaban J connectivity index is 2.12. The van der Waals surface area contributed by atoms with Gasteiger partial charge in [0.2, 0.25) is 5.88 Å². The van der Waals surface area contributed by atoms with Gasteiger partial charge in [-0.1, -0.05) is 11.8 Å². The molecule has 0 aromatic carbocycles. The Morgan fingerprint density at radius 3 is 3.00 bits per heavy atom. The van der Waals surface area contributed by atoms with Crippen molar-refractivity contribution in [1.82, 2.24) is 9.55 Å². The molecule has 0 bridgehead atoms. The predicted octanol–water partition coefficient (Wildman–Crippen LogP) is -0.304. The summed E-state index contributed by atoms with van der Waals surface area (Å²) in [6.45, 7) is 0. The second kappa shape index (κ2) is 3.49. The third-order valence-corrected chi connectivity index (χ3v) is 6.18. The van der Waals surface area contributed by atoms with Crippen molar-refractivity contribution in [2.45, 2.75) is 16.4 Å². The molecule has 3 heterocycles. The zero-order valence-corrected chi connectivity index (χ0v) is 10.6. The normalized spacial score (nSPS) is 28.8. The molecule has 3 rings (SSSR count). The van der Waals surface area contributed by atoms with Crippen molar-refractivity contribution in [1.29, 1.82) is 0 Å². The Morgan fingerprint density at radius 1 is 1.53 bits per heavy atom. The van der Waals surface area contributed by atoms with Crippen molar-refractivity contribution in [3.05, 3.63) is 16.4 Å². The van der Waals surface area contributed by atoms with Crippen molar-refractivity contribution in [3.63, 3.8) is 0 Å². The average Bonchev–Trinajstić information content (AvgIpc) is 2.68. The number of fused-ring (bicyclic) bond motifs is 3. The zero-order chi connectivity index (χ0) is 12.2.